The molecular formula is C15H20N2. The van der Waals surface area contributed by atoms with Crippen molar-refractivity contribution in [2.45, 2.75) is 50.6 Å². The first kappa shape index (κ1) is 11.0. The fourth-order valence-corrected chi connectivity index (χ4v) is 3.00. The lowest BCUT2D eigenvalue weighted by Crippen LogP contribution is -2.35. The number of hydrogen-bond donors (Lipinski definition) is 1. The van der Waals surface area contributed by atoms with E-state index in [1.807, 2.05) is 6.20 Å². The molecule has 0 amide bonds. The zero-order valence-electron chi connectivity index (χ0n) is 10.2. The molecule has 0 bridgehead atoms. The summed E-state index contributed by atoms with van der Waals surface area (Å²) in [5, 5.41) is 3.80. The predicted octanol–water partition coefficient (Wildman–Crippen LogP) is 3.16. The summed E-state index contributed by atoms with van der Waals surface area (Å²) in [7, 11) is 0. The summed E-state index contributed by atoms with van der Waals surface area (Å²) in [5.74, 6) is 0. The van der Waals surface area contributed by atoms with E-state index in [0.717, 1.165) is 0 Å². The van der Waals surface area contributed by atoms with Gasteiger partial charge >= 0.3 is 0 Å². The lowest BCUT2D eigenvalue weighted by Gasteiger charge is -2.30. The van der Waals surface area contributed by atoms with E-state index < -0.39 is 0 Å². The van der Waals surface area contributed by atoms with Gasteiger partial charge in [-0.1, -0.05) is 18.2 Å². The third-order valence-electron chi connectivity index (χ3n) is 3.90. The van der Waals surface area contributed by atoms with Crippen LogP contribution in [0.4, 0.5) is 0 Å². The Labute approximate surface area is 103 Å². The third kappa shape index (κ3) is 2.42. The highest BCUT2D eigenvalue weighted by Gasteiger charge is 2.23. The van der Waals surface area contributed by atoms with Crippen LogP contribution < -0.4 is 5.32 Å². The molecule has 2 aliphatic rings. The van der Waals surface area contributed by atoms with Gasteiger partial charge in [-0.05, 0) is 50.2 Å². The van der Waals surface area contributed by atoms with Crippen LogP contribution in [0, 0.1) is 0 Å². The lowest BCUT2D eigenvalue weighted by molar-refractivity contribution is 0.369. The highest BCUT2D eigenvalue weighted by atomic mass is 15.0. The molecule has 0 radical (unpaired) electrons. The Kier molecular flexibility index (Phi) is 3.23. The smallest absolute Gasteiger partial charge is 0.0605 e. The van der Waals surface area contributed by atoms with Gasteiger partial charge in [-0.2, -0.15) is 0 Å². The van der Waals surface area contributed by atoms with Crippen molar-refractivity contribution in [1.29, 1.82) is 0 Å². The van der Waals surface area contributed by atoms with E-state index in [4.69, 9.17) is 0 Å². The average molecular weight is 228 g/mol. The maximum Gasteiger partial charge on any atom is 0.0605 e. The summed E-state index contributed by atoms with van der Waals surface area (Å²) >= 11 is 0. The van der Waals surface area contributed by atoms with Gasteiger partial charge in [0.15, 0.2) is 0 Å². The van der Waals surface area contributed by atoms with Gasteiger partial charge in [0.05, 0.1) is 5.69 Å². The number of fused-ring (bicyclic) bond motifs is 1. The molecular weight excluding hydrogens is 208 g/mol. The van der Waals surface area contributed by atoms with Crippen molar-refractivity contribution < 1.29 is 0 Å². The number of allylic oxidation sites excluding steroid dienone is 1. The highest BCUT2D eigenvalue weighted by molar-refractivity contribution is 5.25. The van der Waals surface area contributed by atoms with Crippen molar-refractivity contribution in [1.82, 2.24) is 10.3 Å². The molecule has 0 saturated heterocycles. The van der Waals surface area contributed by atoms with Crippen LogP contribution in [0.2, 0.25) is 0 Å². The number of rotatable bonds is 2. The van der Waals surface area contributed by atoms with E-state index >= 15 is 0 Å². The molecule has 2 nitrogen and oxygen atoms in total. The first-order valence-corrected chi connectivity index (χ1v) is 6.78. The Hall–Kier alpha value is -1.15. The Balaban J connectivity index is 1.74. The third-order valence-corrected chi connectivity index (χ3v) is 3.90. The van der Waals surface area contributed by atoms with E-state index in [1.54, 1.807) is 0 Å². The quantitative estimate of drug-likeness (QED) is 0.786. The number of nitrogens with zero attached hydrogens (tertiary/aromatic N) is 1. The van der Waals surface area contributed by atoms with Gasteiger partial charge in [0.1, 0.15) is 0 Å². The summed E-state index contributed by atoms with van der Waals surface area (Å²) in [6.07, 6.45) is 13.9. The molecule has 0 aliphatic heterocycles. The van der Waals surface area contributed by atoms with Crippen LogP contribution in [-0.2, 0) is 6.42 Å². The molecule has 3 rings (SSSR count). The molecule has 17 heavy (non-hydrogen) atoms. The van der Waals surface area contributed by atoms with Crippen molar-refractivity contribution in [3.05, 3.63) is 41.7 Å². The molecule has 2 unspecified atom stereocenters. The van der Waals surface area contributed by atoms with Crippen LogP contribution in [-0.4, -0.2) is 11.0 Å². The Morgan fingerprint density at radius 1 is 1.24 bits per heavy atom. The normalized spacial score (nSPS) is 27.8. The standard InChI is InChI=1S/C15H20N2/c1-2-8-13(9-3-1)17-14-10-4-6-12-7-5-11-16-15(12)14/h1-2,5,7,11,13-14,17H,3-4,6,8-10H2. The first-order valence-electron chi connectivity index (χ1n) is 6.78. The summed E-state index contributed by atoms with van der Waals surface area (Å²) in [6, 6.07) is 5.43. The molecule has 1 aromatic rings. The molecule has 1 heterocycles. The molecule has 1 aromatic heterocycles. The molecule has 2 atom stereocenters. The zero-order chi connectivity index (χ0) is 11.5. The maximum absolute atomic E-state index is 4.59. The summed E-state index contributed by atoms with van der Waals surface area (Å²) < 4.78 is 0. The van der Waals surface area contributed by atoms with Crippen LogP contribution in [0.15, 0.2) is 30.5 Å². The van der Waals surface area contributed by atoms with E-state index in [9.17, 15) is 0 Å². The second kappa shape index (κ2) is 5.01. The van der Waals surface area contributed by atoms with E-state index in [2.05, 4.69) is 34.6 Å². The average Bonchev–Trinajstić information content (AvgIpc) is 2.40. The molecule has 1 N–H and O–H groups in total. The van der Waals surface area contributed by atoms with E-state index in [0.29, 0.717) is 12.1 Å². The fraction of sp³-hybridized carbons (Fsp3) is 0.533. The number of aromatic nitrogens is 1. The molecule has 0 spiro atoms. The van der Waals surface area contributed by atoms with Gasteiger partial charge in [0.2, 0.25) is 0 Å². The Bertz CT molecular complexity index is 411. The SMILES string of the molecule is C1=CCC(NC2CCCc3cccnc32)CC1. The minimum Gasteiger partial charge on any atom is -0.305 e. The van der Waals surface area contributed by atoms with Crippen molar-refractivity contribution in [3.63, 3.8) is 0 Å². The van der Waals surface area contributed by atoms with E-state index in [-0.39, 0.29) is 0 Å². The van der Waals surface area contributed by atoms with Gasteiger partial charge in [-0.15, -0.1) is 0 Å². The molecule has 2 heteroatoms. The van der Waals surface area contributed by atoms with Crippen LogP contribution in [0.5, 0.6) is 0 Å². The van der Waals surface area contributed by atoms with Crippen LogP contribution in [0.3, 0.4) is 0 Å². The Morgan fingerprint density at radius 2 is 2.24 bits per heavy atom. The van der Waals surface area contributed by atoms with Gasteiger partial charge in [0.25, 0.3) is 0 Å². The minimum absolute atomic E-state index is 0.483. The van der Waals surface area contributed by atoms with Crippen molar-refractivity contribution in [2.75, 3.05) is 0 Å². The van der Waals surface area contributed by atoms with Gasteiger partial charge in [-0.25, -0.2) is 0 Å². The number of nitrogens with one attached hydrogen (secondary N) is 1. The second-order valence-electron chi connectivity index (χ2n) is 5.14. The number of pyridine rings is 1. The predicted molar refractivity (Wildman–Crippen MR) is 69.8 cm³/mol. The fourth-order valence-electron chi connectivity index (χ4n) is 3.00. The molecule has 0 aromatic carbocycles. The summed E-state index contributed by atoms with van der Waals surface area (Å²) in [6.45, 7) is 0. The van der Waals surface area contributed by atoms with Gasteiger partial charge in [0, 0.05) is 18.3 Å². The van der Waals surface area contributed by atoms with Crippen molar-refractivity contribution >= 4 is 0 Å². The number of hydrogen-bond acceptors (Lipinski definition) is 2. The largest absolute Gasteiger partial charge is 0.305 e. The van der Waals surface area contributed by atoms with Crippen LogP contribution in [0.1, 0.15) is 49.4 Å². The van der Waals surface area contributed by atoms with Gasteiger partial charge < -0.3 is 5.32 Å². The maximum atomic E-state index is 4.59. The lowest BCUT2D eigenvalue weighted by atomic mass is 9.90. The monoisotopic (exact) mass is 228 g/mol. The highest BCUT2D eigenvalue weighted by Crippen LogP contribution is 2.29. The summed E-state index contributed by atoms with van der Waals surface area (Å²) in [4.78, 5) is 4.59. The topological polar surface area (TPSA) is 24.9 Å². The first-order chi connectivity index (χ1) is 8.43. The second-order valence-corrected chi connectivity index (χ2v) is 5.14. The zero-order valence-corrected chi connectivity index (χ0v) is 10.2. The summed E-state index contributed by atoms with van der Waals surface area (Å²) in [5.41, 5.74) is 2.75. The molecule has 90 valence electrons. The molecule has 0 fully saturated rings. The van der Waals surface area contributed by atoms with Crippen molar-refractivity contribution in [3.8, 4) is 0 Å². The van der Waals surface area contributed by atoms with Gasteiger partial charge in [-0.3, -0.25) is 4.98 Å². The van der Waals surface area contributed by atoms with E-state index in [1.165, 1.54) is 49.8 Å². The van der Waals surface area contributed by atoms with Crippen LogP contribution >= 0.6 is 0 Å². The Morgan fingerprint density at radius 3 is 3.12 bits per heavy atom. The molecule has 2 aliphatic carbocycles. The number of aryl methyl sites for hydroxylation is 1. The minimum atomic E-state index is 0.483. The van der Waals surface area contributed by atoms with Crippen molar-refractivity contribution in [2.24, 2.45) is 0 Å². The molecule has 0 saturated carbocycles. The van der Waals surface area contributed by atoms with Crippen LogP contribution in [0.25, 0.3) is 0 Å².